The van der Waals surface area contributed by atoms with E-state index < -0.39 is 0 Å². The molecule has 1 unspecified atom stereocenters. The Morgan fingerprint density at radius 2 is 2.13 bits per heavy atom. The molecule has 0 saturated carbocycles. The number of carbonyl (C=O) groups excluding carboxylic acids is 1. The Bertz CT molecular complexity index is 1040. The van der Waals surface area contributed by atoms with Crippen LogP contribution in [0.4, 0.5) is 10.9 Å². The molecule has 2 N–H and O–H groups in total. The van der Waals surface area contributed by atoms with Crippen LogP contribution in [0, 0.1) is 20.8 Å². The van der Waals surface area contributed by atoms with Gasteiger partial charge in [0.15, 0.2) is 11.0 Å². The van der Waals surface area contributed by atoms with Crippen LogP contribution in [0.2, 0.25) is 0 Å². The minimum absolute atomic E-state index is 0.0416. The normalized spacial score (nSPS) is 16.9. The van der Waals surface area contributed by atoms with E-state index in [1.165, 1.54) is 4.88 Å². The van der Waals surface area contributed by atoms with Crippen molar-refractivity contribution in [3.63, 3.8) is 0 Å². The summed E-state index contributed by atoms with van der Waals surface area (Å²) in [4.78, 5) is 36.8. The van der Waals surface area contributed by atoms with Crippen molar-refractivity contribution in [2.75, 3.05) is 11.9 Å². The van der Waals surface area contributed by atoms with E-state index in [0.717, 1.165) is 41.5 Å². The molecule has 156 valence electrons. The van der Waals surface area contributed by atoms with Crippen LogP contribution in [-0.4, -0.2) is 42.3 Å². The molecule has 3 aromatic rings. The molecule has 0 aliphatic carbocycles. The molecule has 1 atom stereocenters. The summed E-state index contributed by atoms with van der Waals surface area (Å²) in [5.74, 6) is 1.34. The highest BCUT2D eigenvalue weighted by molar-refractivity contribution is 7.15. The van der Waals surface area contributed by atoms with Crippen molar-refractivity contribution in [3.05, 3.63) is 52.4 Å². The minimum atomic E-state index is -0.141. The second-order valence-electron chi connectivity index (χ2n) is 7.42. The predicted molar refractivity (Wildman–Crippen MR) is 118 cm³/mol. The summed E-state index contributed by atoms with van der Waals surface area (Å²) >= 11 is 1.60. The summed E-state index contributed by atoms with van der Waals surface area (Å²) in [7, 11) is 0. The fraction of sp³-hybridized carbons (Fsp3) is 0.381. The van der Waals surface area contributed by atoms with Gasteiger partial charge in [0.2, 0.25) is 5.91 Å². The van der Waals surface area contributed by atoms with E-state index in [9.17, 15) is 4.79 Å². The standard InChI is InChI=1S/C21H25N7OS/c1-13-10-18(27-21-25-14(2)15(3)30-21)26-20(24-13)17-6-4-5-9-28(17)19(29)8-7-16-11-22-12-23-16/h7-8,10-12,17H,4-6,9H2,1-3H3,(H,22,23)(H,24,25,26,27)/b8-7+. The molecular formula is C21H25N7OS. The van der Waals surface area contributed by atoms with E-state index in [1.54, 1.807) is 36.0 Å². The van der Waals surface area contributed by atoms with Gasteiger partial charge in [-0.25, -0.2) is 19.9 Å². The number of carbonyl (C=O) groups is 1. The number of likely N-dealkylation sites (tertiary alicyclic amines) is 1. The largest absolute Gasteiger partial charge is 0.345 e. The first-order valence-electron chi connectivity index (χ1n) is 10.0. The van der Waals surface area contributed by atoms with E-state index in [1.807, 2.05) is 24.8 Å². The van der Waals surface area contributed by atoms with Crippen LogP contribution in [0.3, 0.4) is 0 Å². The van der Waals surface area contributed by atoms with Gasteiger partial charge in [-0.1, -0.05) is 0 Å². The molecule has 30 heavy (non-hydrogen) atoms. The molecule has 0 radical (unpaired) electrons. The number of aromatic nitrogens is 5. The summed E-state index contributed by atoms with van der Waals surface area (Å²) in [6.45, 7) is 6.69. The van der Waals surface area contributed by atoms with E-state index in [-0.39, 0.29) is 11.9 Å². The number of nitrogens with zero attached hydrogens (tertiary/aromatic N) is 5. The van der Waals surface area contributed by atoms with Gasteiger partial charge >= 0.3 is 0 Å². The molecular weight excluding hydrogens is 398 g/mol. The number of hydrogen-bond donors (Lipinski definition) is 2. The van der Waals surface area contributed by atoms with Gasteiger partial charge in [-0.3, -0.25) is 4.79 Å². The smallest absolute Gasteiger partial charge is 0.247 e. The number of imidazole rings is 1. The Labute approximate surface area is 179 Å². The van der Waals surface area contributed by atoms with Crippen molar-refractivity contribution < 1.29 is 4.79 Å². The van der Waals surface area contributed by atoms with Crippen LogP contribution in [0.15, 0.2) is 24.7 Å². The first kappa shape index (κ1) is 20.2. The van der Waals surface area contributed by atoms with E-state index in [2.05, 4.69) is 32.2 Å². The van der Waals surface area contributed by atoms with Gasteiger partial charge in [-0.15, -0.1) is 11.3 Å². The molecule has 4 heterocycles. The molecule has 3 aromatic heterocycles. The Hall–Kier alpha value is -3.07. The highest BCUT2D eigenvalue weighted by Crippen LogP contribution is 2.31. The number of thiazole rings is 1. The fourth-order valence-corrected chi connectivity index (χ4v) is 4.34. The lowest BCUT2D eigenvalue weighted by atomic mass is 10.0. The Kier molecular flexibility index (Phi) is 5.89. The SMILES string of the molecule is Cc1cc(Nc2nc(C)c(C)s2)nc(C2CCCCN2C(=O)/C=C/c2cnc[nH]2)n1. The van der Waals surface area contributed by atoms with Crippen LogP contribution in [0.5, 0.6) is 0 Å². The number of anilines is 2. The third-order valence-electron chi connectivity index (χ3n) is 5.14. The zero-order valence-electron chi connectivity index (χ0n) is 17.3. The Morgan fingerprint density at radius 1 is 1.27 bits per heavy atom. The van der Waals surface area contributed by atoms with Crippen molar-refractivity contribution in [1.29, 1.82) is 0 Å². The number of piperidine rings is 1. The summed E-state index contributed by atoms with van der Waals surface area (Å²) < 4.78 is 0. The molecule has 0 spiro atoms. The minimum Gasteiger partial charge on any atom is -0.345 e. The molecule has 4 rings (SSSR count). The van der Waals surface area contributed by atoms with Crippen LogP contribution in [-0.2, 0) is 4.79 Å². The molecule has 1 aliphatic heterocycles. The van der Waals surface area contributed by atoms with E-state index >= 15 is 0 Å². The molecule has 0 aromatic carbocycles. The molecule has 1 fully saturated rings. The fourth-order valence-electron chi connectivity index (χ4n) is 3.52. The van der Waals surface area contributed by atoms with Gasteiger partial charge in [-0.2, -0.15) is 0 Å². The van der Waals surface area contributed by atoms with Gasteiger partial charge in [0, 0.05) is 29.3 Å². The van der Waals surface area contributed by atoms with Crippen LogP contribution in [0.1, 0.15) is 53.1 Å². The number of aryl methyl sites for hydroxylation is 3. The van der Waals surface area contributed by atoms with Crippen molar-refractivity contribution in [2.45, 2.75) is 46.1 Å². The highest BCUT2D eigenvalue weighted by atomic mass is 32.1. The van der Waals surface area contributed by atoms with Crippen LogP contribution >= 0.6 is 11.3 Å². The van der Waals surface area contributed by atoms with Gasteiger partial charge in [-0.05, 0) is 46.1 Å². The number of hydrogen-bond acceptors (Lipinski definition) is 7. The first-order chi connectivity index (χ1) is 14.5. The number of aromatic amines is 1. The third-order valence-corrected chi connectivity index (χ3v) is 6.13. The zero-order valence-corrected chi connectivity index (χ0v) is 18.2. The maximum absolute atomic E-state index is 12.9. The molecule has 1 amide bonds. The quantitative estimate of drug-likeness (QED) is 0.600. The maximum atomic E-state index is 12.9. The lowest BCUT2D eigenvalue weighted by Crippen LogP contribution is -2.38. The zero-order chi connectivity index (χ0) is 21.1. The van der Waals surface area contributed by atoms with Crippen molar-refractivity contribution >= 4 is 34.3 Å². The van der Waals surface area contributed by atoms with Crippen LogP contribution < -0.4 is 5.32 Å². The predicted octanol–water partition coefficient (Wildman–Crippen LogP) is 4.09. The topological polar surface area (TPSA) is 99.7 Å². The molecule has 8 nitrogen and oxygen atoms in total. The van der Waals surface area contributed by atoms with Crippen molar-refractivity contribution in [1.82, 2.24) is 29.8 Å². The number of H-pyrrole nitrogens is 1. The number of nitrogens with one attached hydrogen (secondary N) is 2. The highest BCUT2D eigenvalue weighted by Gasteiger charge is 2.29. The van der Waals surface area contributed by atoms with Gasteiger partial charge < -0.3 is 15.2 Å². The second-order valence-corrected chi connectivity index (χ2v) is 8.63. The summed E-state index contributed by atoms with van der Waals surface area (Å²) in [5.41, 5.74) is 2.67. The summed E-state index contributed by atoms with van der Waals surface area (Å²) in [6, 6.07) is 1.76. The van der Waals surface area contributed by atoms with Gasteiger partial charge in [0.25, 0.3) is 0 Å². The molecule has 1 aliphatic rings. The Balaban J connectivity index is 1.57. The average Bonchev–Trinajstić information content (AvgIpc) is 3.35. The molecule has 0 bridgehead atoms. The number of rotatable bonds is 5. The maximum Gasteiger partial charge on any atom is 0.247 e. The first-order valence-corrected chi connectivity index (χ1v) is 10.8. The second kappa shape index (κ2) is 8.74. The average molecular weight is 424 g/mol. The van der Waals surface area contributed by atoms with E-state index in [0.29, 0.717) is 18.2 Å². The summed E-state index contributed by atoms with van der Waals surface area (Å²) in [6.07, 6.45) is 9.48. The molecule has 9 heteroatoms. The Morgan fingerprint density at radius 3 is 2.87 bits per heavy atom. The summed E-state index contributed by atoms with van der Waals surface area (Å²) in [5, 5.41) is 4.11. The lowest BCUT2D eigenvalue weighted by molar-refractivity contribution is -0.129. The molecule has 1 saturated heterocycles. The van der Waals surface area contributed by atoms with Gasteiger partial charge in [0.1, 0.15) is 5.82 Å². The van der Waals surface area contributed by atoms with Gasteiger partial charge in [0.05, 0.1) is 30.0 Å². The van der Waals surface area contributed by atoms with Crippen molar-refractivity contribution in [2.24, 2.45) is 0 Å². The lowest BCUT2D eigenvalue weighted by Gasteiger charge is -2.34. The monoisotopic (exact) mass is 423 g/mol. The van der Waals surface area contributed by atoms with Crippen molar-refractivity contribution in [3.8, 4) is 0 Å². The van der Waals surface area contributed by atoms with Crippen LogP contribution in [0.25, 0.3) is 6.08 Å². The van der Waals surface area contributed by atoms with E-state index in [4.69, 9.17) is 4.98 Å². The number of amides is 1. The third kappa shape index (κ3) is 4.56.